The number of hydrogen-bond donors (Lipinski definition) is 0. The number of likely N-dealkylation sites (tertiary alicyclic amines) is 1. The SMILES string of the molecule is O=C(c1ccc(Br)cc1)N1CCCC1C1CCCCC1. The Morgan fingerprint density at radius 2 is 1.70 bits per heavy atom. The Kier molecular flexibility index (Phi) is 4.45. The van der Waals surface area contributed by atoms with Gasteiger partial charge < -0.3 is 4.90 Å². The molecule has 1 saturated heterocycles. The van der Waals surface area contributed by atoms with Crippen molar-refractivity contribution >= 4 is 21.8 Å². The maximum Gasteiger partial charge on any atom is 0.254 e. The molecular weight excluding hydrogens is 314 g/mol. The van der Waals surface area contributed by atoms with Gasteiger partial charge in [0.2, 0.25) is 0 Å². The van der Waals surface area contributed by atoms with Gasteiger partial charge >= 0.3 is 0 Å². The van der Waals surface area contributed by atoms with Gasteiger partial charge in [-0.2, -0.15) is 0 Å². The van der Waals surface area contributed by atoms with Crippen LogP contribution in [0.4, 0.5) is 0 Å². The summed E-state index contributed by atoms with van der Waals surface area (Å²) in [6, 6.07) is 8.27. The first-order chi connectivity index (χ1) is 9.75. The highest BCUT2D eigenvalue weighted by Gasteiger charge is 2.35. The zero-order valence-corrected chi connectivity index (χ0v) is 13.4. The number of benzene rings is 1. The maximum absolute atomic E-state index is 12.7. The zero-order chi connectivity index (χ0) is 13.9. The monoisotopic (exact) mass is 335 g/mol. The van der Waals surface area contributed by atoms with Crippen LogP contribution < -0.4 is 0 Å². The molecule has 1 heterocycles. The van der Waals surface area contributed by atoms with Crippen LogP contribution in [0, 0.1) is 5.92 Å². The smallest absolute Gasteiger partial charge is 0.254 e. The third-order valence-corrected chi connectivity index (χ3v) is 5.37. The fourth-order valence-corrected chi connectivity index (χ4v) is 4.08. The van der Waals surface area contributed by atoms with Gasteiger partial charge in [0.05, 0.1) is 0 Å². The van der Waals surface area contributed by atoms with Crippen LogP contribution in [-0.4, -0.2) is 23.4 Å². The molecule has 3 heteroatoms. The molecule has 1 aliphatic carbocycles. The van der Waals surface area contributed by atoms with Crippen molar-refractivity contribution in [2.45, 2.75) is 51.0 Å². The molecule has 1 aromatic rings. The molecule has 0 aromatic heterocycles. The van der Waals surface area contributed by atoms with Crippen molar-refractivity contribution in [2.24, 2.45) is 5.92 Å². The Balaban J connectivity index is 1.74. The third-order valence-electron chi connectivity index (χ3n) is 4.85. The van der Waals surface area contributed by atoms with E-state index < -0.39 is 0 Å². The highest BCUT2D eigenvalue weighted by molar-refractivity contribution is 9.10. The Bertz CT molecular complexity index is 464. The van der Waals surface area contributed by atoms with Gasteiger partial charge in [0, 0.05) is 22.6 Å². The van der Waals surface area contributed by atoms with E-state index in [1.54, 1.807) is 0 Å². The predicted molar refractivity (Wildman–Crippen MR) is 84.8 cm³/mol. The number of rotatable bonds is 2. The van der Waals surface area contributed by atoms with E-state index in [0.29, 0.717) is 6.04 Å². The van der Waals surface area contributed by atoms with E-state index in [1.165, 1.54) is 44.9 Å². The molecule has 1 atom stereocenters. The lowest BCUT2D eigenvalue weighted by atomic mass is 9.83. The molecule has 20 heavy (non-hydrogen) atoms. The summed E-state index contributed by atoms with van der Waals surface area (Å²) >= 11 is 3.43. The van der Waals surface area contributed by atoms with Crippen LogP contribution in [0.25, 0.3) is 0 Å². The van der Waals surface area contributed by atoms with E-state index in [2.05, 4.69) is 20.8 Å². The molecule has 2 fully saturated rings. The van der Waals surface area contributed by atoms with Crippen molar-refractivity contribution in [3.63, 3.8) is 0 Å². The van der Waals surface area contributed by atoms with Gasteiger partial charge in [0.15, 0.2) is 0 Å². The summed E-state index contributed by atoms with van der Waals surface area (Å²) in [5.74, 6) is 0.969. The van der Waals surface area contributed by atoms with E-state index in [-0.39, 0.29) is 5.91 Å². The molecule has 0 bridgehead atoms. The van der Waals surface area contributed by atoms with Gasteiger partial charge in [-0.25, -0.2) is 0 Å². The molecule has 2 nitrogen and oxygen atoms in total. The average Bonchev–Trinajstić information content (AvgIpc) is 2.97. The average molecular weight is 336 g/mol. The van der Waals surface area contributed by atoms with Gasteiger partial charge in [-0.15, -0.1) is 0 Å². The minimum atomic E-state index is 0.227. The van der Waals surface area contributed by atoms with Crippen LogP contribution in [-0.2, 0) is 0 Å². The molecule has 1 unspecified atom stereocenters. The molecule has 0 radical (unpaired) electrons. The largest absolute Gasteiger partial charge is 0.335 e. The summed E-state index contributed by atoms with van der Waals surface area (Å²) in [5, 5.41) is 0. The summed E-state index contributed by atoms with van der Waals surface area (Å²) in [6.45, 7) is 0.941. The lowest BCUT2D eigenvalue weighted by Crippen LogP contribution is -2.40. The summed E-state index contributed by atoms with van der Waals surface area (Å²) < 4.78 is 1.03. The summed E-state index contributed by atoms with van der Waals surface area (Å²) in [5.41, 5.74) is 0.830. The number of halogens is 1. The molecule has 1 aromatic carbocycles. The first-order valence-corrected chi connectivity index (χ1v) is 8.61. The molecule has 1 saturated carbocycles. The van der Waals surface area contributed by atoms with Crippen LogP contribution in [0.3, 0.4) is 0 Å². The molecular formula is C17H22BrNO. The van der Waals surface area contributed by atoms with E-state index >= 15 is 0 Å². The highest BCUT2D eigenvalue weighted by Crippen LogP contribution is 2.35. The van der Waals surface area contributed by atoms with Crippen molar-refractivity contribution in [1.29, 1.82) is 0 Å². The molecule has 3 rings (SSSR count). The van der Waals surface area contributed by atoms with Crippen LogP contribution in [0.1, 0.15) is 55.3 Å². The number of nitrogens with zero attached hydrogens (tertiary/aromatic N) is 1. The molecule has 1 aliphatic heterocycles. The Morgan fingerprint density at radius 1 is 1.00 bits per heavy atom. The Labute approximate surface area is 129 Å². The third kappa shape index (κ3) is 2.93. The van der Waals surface area contributed by atoms with Crippen molar-refractivity contribution in [3.05, 3.63) is 34.3 Å². The van der Waals surface area contributed by atoms with Crippen molar-refractivity contribution in [3.8, 4) is 0 Å². The van der Waals surface area contributed by atoms with Crippen molar-refractivity contribution < 1.29 is 4.79 Å². The van der Waals surface area contributed by atoms with Crippen LogP contribution in [0.15, 0.2) is 28.7 Å². The lowest BCUT2D eigenvalue weighted by Gasteiger charge is -2.34. The fourth-order valence-electron chi connectivity index (χ4n) is 3.81. The number of hydrogen-bond acceptors (Lipinski definition) is 1. The first-order valence-electron chi connectivity index (χ1n) is 7.82. The number of carbonyl (C=O) groups excluding carboxylic acids is 1. The highest BCUT2D eigenvalue weighted by atomic mass is 79.9. The summed E-state index contributed by atoms with van der Waals surface area (Å²) in [4.78, 5) is 14.9. The van der Waals surface area contributed by atoms with Crippen molar-refractivity contribution in [1.82, 2.24) is 4.90 Å². The van der Waals surface area contributed by atoms with Crippen LogP contribution in [0.5, 0.6) is 0 Å². The van der Waals surface area contributed by atoms with Crippen LogP contribution >= 0.6 is 15.9 Å². The van der Waals surface area contributed by atoms with Gasteiger partial charge in [-0.05, 0) is 55.9 Å². The minimum Gasteiger partial charge on any atom is -0.335 e. The zero-order valence-electron chi connectivity index (χ0n) is 11.9. The van der Waals surface area contributed by atoms with Crippen molar-refractivity contribution in [2.75, 3.05) is 6.54 Å². The second-order valence-corrected chi connectivity index (χ2v) is 7.03. The van der Waals surface area contributed by atoms with Gasteiger partial charge in [-0.3, -0.25) is 4.79 Å². The van der Waals surface area contributed by atoms with Crippen LogP contribution in [0.2, 0.25) is 0 Å². The second kappa shape index (κ2) is 6.30. The molecule has 0 spiro atoms. The van der Waals surface area contributed by atoms with E-state index in [9.17, 15) is 4.79 Å². The topological polar surface area (TPSA) is 20.3 Å². The van der Waals surface area contributed by atoms with Gasteiger partial charge in [0.1, 0.15) is 0 Å². The molecule has 2 aliphatic rings. The van der Waals surface area contributed by atoms with E-state index in [1.807, 2.05) is 24.3 Å². The number of amides is 1. The fraction of sp³-hybridized carbons (Fsp3) is 0.588. The summed E-state index contributed by atoms with van der Waals surface area (Å²) in [7, 11) is 0. The Morgan fingerprint density at radius 3 is 2.40 bits per heavy atom. The minimum absolute atomic E-state index is 0.227. The molecule has 108 valence electrons. The second-order valence-electron chi connectivity index (χ2n) is 6.11. The van der Waals surface area contributed by atoms with Gasteiger partial charge in [0.25, 0.3) is 5.91 Å². The maximum atomic E-state index is 12.7. The normalized spacial score (nSPS) is 24.1. The number of carbonyl (C=O) groups is 1. The predicted octanol–water partition coefficient (Wildman–Crippen LogP) is 4.63. The summed E-state index contributed by atoms with van der Waals surface area (Å²) in [6.07, 6.45) is 9.08. The molecule has 0 N–H and O–H groups in total. The Hall–Kier alpha value is -0.830. The molecule has 1 amide bonds. The first kappa shape index (κ1) is 14.1. The standard InChI is InChI=1S/C17H22BrNO/c18-15-10-8-14(9-11-15)17(20)19-12-4-7-16(19)13-5-2-1-3-6-13/h8-11,13,16H,1-7,12H2. The van der Waals surface area contributed by atoms with Gasteiger partial charge in [-0.1, -0.05) is 35.2 Å². The van der Waals surface area contributed by atoms with E-state index in [4.69, 9.17) is 0 Å². The quantitative estimate of drug-likeness (QED) is 0.771. The lowest BCUT2D eigenvalue weighted by molar-refractivity contribution is 0.0661. The van der Waals surface area contributed by atoms with E-state index in [0.717, 1.165) is 22.5 Å².